The van der Waals surface area contributed by atoms with Gasteiger partial charge in [-0.1, -0.05) is 17.7 Å². The lowest BCUT2D eigenvalue weighted by molar-refractivity contribution is 0.320. The molecule has 29 heavy (non-hydrogen) atoms. The molecule has 2 N–H and O–H groups in total. The fourth-order valence-corrected chi connectivity index (χ4v) is 5.19. The van der Waals surface area contributed by atoms with Gasteiger partial charge in [-0.05, 0) is 48.6 Å². The van der Waals surface area contributed by atoms with Gasteiger partial charge in [0.2, 0.25) is 0 Å². The van der Waals surface area contributed by atoms with Gasteiger partial charge in [-0.15, -0.1) is 0 Å². The lowest BCUT2D eigenvalue weighted by atomic mass is 9.76. The van der Waals surface area contributed by atoms with Gasteiger partial charge in [0.15, 0.2) is 5.82 Å². The quantitative estimate of drug-likeness (QED) is 0.605. The van der Waals surface area contributed by atoms with E-state index in [9.17, 15) is 9.50 Å². The van der Waals surface area contributed by atoms with Crippen LogP contribution in [-0.4, -0.2) is 36.8 Å². The number of phenolic OH excluding ortho intramolecular Hbond substituents is 1. The first-order valence-electron chi connectivity index (χ1n) is 9.67. The van der Waals surface area contributed by atoms with Gasteiger partial charge in [0, 0.05) is 31.1 Å². The van der Waals surface area contributed by atoms with E-state index in [1.165, 1.54) is 18.2 Å². The SMILES string of the molecule is CN1CC2CNCCC2c2c1cnc1c(F)c(-c3c(O)cccc3F)c(Cl)cc21. The van der Waals surface area contributed by atoms with Gasteiger partial charge < -0.3 is 15.3 Å². The highest BCUT2D eigenvalue weighted by Gasteiger charge is 2.36. The third-order valence-electron chi connectivity index (χ3n) is 6.21. The number of halogens is 3. The Labute approximate surface area is 172 Å². The van der Waals surface area contributed by atoms with Crippen LogP contribution in [0.15, 0.2) is 30.5 Å². The zero-order valence-electron chi connectivity index (χ0n) is 15.8. The average molecular weight is 416 g/mol. The smallest absolute Gasteiger partial charge is 0.158 e. The van der Waals surface area contributed by atoms with Crippen molar-refractivity contribution in [3.8, 4) is 16.9 Å². The summed E-state index contributed by atoms with van der Waals surface area (Å²) in [5.41, 5.74) is 1.79. The third kappa shape index (κ3) is 2.77. The van der Waals surface area contributed by atoms with Crippen LogP contribution in [0.3, 0.4) is 0 Å². The largest absolute Gasteiger partial charge is 0.507 e. The van der Waals surface area contributed by atoms with E-state index in [0.717, 1.165) is 37.3 Å². The van der Waals surface area contributed by atoms with Crippen LogP contribution in [-0.2, 0) is 0 Å². The van der Waals surface area contributed by atoms with E-state index in [-0.39, 0.29) is 33.3 Å². The summed E-state index contributed by atoms with van der Waals surface area (Å²) in [6.45, 7) is 2.73. The summed E-state index contributed by atoms with van der Waals surface area (Å²) in [6, 6.07) is 5.52. The number of pyridine rings is 1. The maximum Gasteiger partial charge on any atom is 0.158 e. The molecule has 7 heteroatoms. The molecule has 150 valence electrons. The van der Waals surface area contributed by atoms with Gasteiger partial charge in [-0.25, -0.2) is 8.78 Å². The van der Waals surface area contributed by atoms with E-state index in [1.807, 2.05) is 7.05 Å². The Morgan fingerprint density at radius 1 is 1.28 bits per heavy atom. The summed E-state index contributed by atoms with van der Waals surface area (Å²) in [4.78, 5) is 6.52. The molecule has 3 heterocycles. The minimum absolute atomic E-state index is 0.0595. The van der Waals surface area contributed by atoms with E-state index in [2.05, 4.69) is 15.2 Å². The lowest BCUT2D eigenvalue weighted by Gasteiger charge is -2.42. The molecule has 4 nitrogen and oxygen atoms in total. The maximum atomic E-state index is 15.6. The minimum Gasteiger partial charge on any atom is -0.507 e. The van der Waals surface area contributed by atoms with Crippen molar-refractivity contribution >= 4 is 28.2 Å². The topological polar surface area (TPSA) is 48.4 Å². The molecule has 2 aliphatic heterocycles. The number of fused-ring (bicyclic) bond motifs is 5. The first kappa shape index (κ1) is 18.6. The van der Waals surface area contributed by atoms with Gasteiger partial charge >= 0.3 is 0 Å². The number of nitrogens with one attached hydrogen (secondary N) is 1. The number of aromatic hydroxyl groups is 1. The first-order valence-corrected chi connectivity index (χ1v) is 10.1. The van der Waals surface area contributed by atoms with Gasteiger partial charge in [0.25, 0.3) is 0 Å². The number of phenols is 1. The molecule has 2 aromatic carbocycles. The van der Waals surface area contributed by atoms with Crippen molar-refractivity contribution in [2.24, 2.45) is 5.92 Å². The molecule has 1 fully saturated rings. The van der Waals surface area contributed by atoms with Crippen molar-refractivity contribution < 1.29 is 13.9 Å². The molecule has 0 saturated carbocycles. The monoisotopic (exact) mass is 415 g/mol. The van der Waals surface area contributed by atoms with Crippen LogP contribution in [0.2, 0.25) is 5.02 Å². The first-order chi connectivity index (χ1) is 14.0. The molecule has 0 amide bonds. The van der Waals surface area contributed by atoms with E-state index >= 15 is 4.39 Å². The Hall–Kier alpha value is -2.44. The maximum absolute atomic E-state index is 15.6. The molecule has 3 aromatic rings. The summed E-state index contributed by atoms with van der Waals surface area (Å²) in [7, 11) is 2.01. The summed E-state index contributed by atoms with van der Waals surface area (Å²) in [5, 5.41) is 14.3. The number of hydrogen-bond donors (Lipinski definition) is 2. The number of anilines is 1. The molecule has 2 atom stereocenters. The van der Waals surface area contributed by atoms with E-state index in [1.54, 1.807) is 12.3 Å². The second-order valence-corrected chi connectivity index (χ2v) is 8.28. The van der Waals surface area contributed by atoms with Crippen molar-refractivity contribution in [1.82, 2.24) is 10.3 Å². The van der Waals surface area contributed by atoms with E-state index in [4.69, 9.17) is 11.6 Å². The molecular formula is C22H20ClF2N3O. The molecule has 0 radical (unpaired) electrons. The molecule has 1 aromatic heterocycles. The van der Waals surface area contributed by atoms with Gasteiger partial charge in [0.05, 0.1) is 22.5 Å². The predicted molar refractivity (Wildman–Crippen MR) is 111 cm³/mol. The fraction of sp³-hybridized carbons (Fsp3) is 0.318. The number of rotatable bonds is 1. The summed E-state index contributed by atoms with van der Waals surface area (Å²) in [6.07, 6.45) is 2.65. The van der Waals surface area contributed by atoms with Crippen LogP contribution in [0.5, 0.6) is 5.75 Å². The number of benzene rings is 2. The highest BCUT2D eigenvalue weighted by atomic mass is 35.5. The van der Waals surface area contributed by atoms with Crippen LogP contribution in [0.1, 0.15) is 17.9 Å². The molecular weight excluding hydrogens is 396 g/mol. The highest BCUT2D eigenvalue weighted by Crippen LogP contribution is 2.47. The highest BCUT2D eigenvalue weighted by molar-refractivity contribution is 6.34. The van der Waals surface area contributed by atoms with Crippen LogP contribution in [0.25, 0.3) is 22.0 Å². The van der Waals surface area contributed by atoms with E-state index < -0.39 is 11.6 Å². The van der Waals surface area contributed by atoms with Crippen molar-refractivity contribution in [3.05, 3.63) is 52.7 Å². The standard InChI is InChI=1S/C22H20ClF2N3O/c1-28-10-11-8-26-6-5-12(11)18-13-7-14(23)19(20-15(24)3-2-4-17(20)29)21(25)22(13)27-9-16(18)28/h2-4,7,9,11-12,26,29H,5-6,8,10H2,1H3. The summed E-state index contributed by atoms with van der Waals surface area (Å²) >= 11 is 6.47. The van der Waals surface area contributed by atoms with Gasteiger partial charge in [-0.2, -0.15) is 0 Å². The normalized spacial score (nSPS) is 21.2. The van der Waals surface area contributed by atoms with Crippen molar-refractivity contribution in [2.75, 3.05) is 31.6 Å². The zero-order chi connectivity index (χ0) is 20.3. The van der Waals surface area contributed by atoms with Crippen LogP contribution in [0.4, 0.5) is 14.5 Å². The van der Waals surface area contributed by atoms with Gasteiger partial charge in [-0.3, -0.25) is 4.98 Å². The van der Waals surface area contributed by atoms with Crippen LogP contribution < -0.4 is 10.2 Å². The van der Waals surface area contributed by atoms with Crippen molar-refractivity contribution in [2.45, 2.75) is 12.3 Å². The molecule has 2 unspecified atom stereocenters. The zero-order valence-corrected chi connectivity index (χ0v) is 16.6. The fourth-order valence-electron chi connectivity index (χ4n) is 4.90. The Kier molecular flexibility index (Phi) is 4.37. The predicted octanol–water partition coefficient (Wildman–Crippen LogP) is 4.68. The second kappa shape index (κ2) is 6.82. The molecule has 1 saturated heterocycles. The number of piperidine rings is 1. The molecule has 5 rings (SSSR count). The lowest BCUT2D eigenvalue weighted by Crippen LogP contribution is -2.45. The van der Waals surface area contributed by atoms with Crippen LogP contribution >= 0.6 is 11.6 Å². The molecule has 2 aliphatic rings. The van der Waals surface area contributed by atoms with Crippen molar-refractivity contribution in [1.29, 1.82) is 0 Å². The Morgan fingerprint density at radius 3 is 2.90 bits per heavy atom. The summed E-state index contributed by atoms with van der Waals surface area (Å²) in [5.74, 6) is -1.10. The number of nitrogens with zero attached hydrogens (tertiary/aromatic N) is 2. The third-order valence-corrected chi connectivity index (χ3v) is 6.51. The Bertz CT molecular complexity index is 1120. The number of aromatic nitrogens is 1. The van der Waals surface area contributed by atoms with Gasteiger partial charge in [0.1, 0.15) is 17.1 Å². The molecule has 0 bridgehead atoms. The second-order valence-electron chi connectivity index (χ2n) is 7.87. The van der Waals surface area contributed by atoms with E-state index in [0.29, 0.717) is 11.3 Å². The number of hydrogen-bond acceptors (Lipinski definition) is 4. The van der Waals surface area contributed by atoms with Crippen molar-refractivity contribution in [3.63, 3.8) is 0 Å². The molecule has 0 spiro atoms. The minimum atomic E-state index is -0.735. The molecule has 0 aliphatic carbocycles. The van der Waals surface area contributed by atoms with Crippen LogP contribution in [0, 0.1) is 17.6 Å². The Morgan fingerprint density at radius 2 is 2.10 bits per heavy atom. The Balaban J connectivity index is 1.80. The summed E-state index contributed by atoms with van der Waals surface area (Å²) < 4.78 is 30.0. The average Bonchev–Trinajstić information content (AvgIpc) is 2.70.